The second kappa shape index (κ2) is 9.61. The van der Waals surface area contributed by atoms with Crippen molar-refractivity contribution in [3.8, 4) is 40.0 Å². The van der Waals surface area contributed by atoms with Crippen molar-refractivity contribution in [2.24, 2.45) is 0 Å². The number of nitrogens with zero attached hydrogens (tertiary/aromatic N) is 3. The van der Waals surface area contributed by atoms with Crippen LogP contribution in [-0.4, -0.2) is 9.97 Å². The summed E-state index contributed by atoms with van der Waals surface area (Å²) in [7, 11) is 0. The molecule has 0 atom stereocenters. The van der Waals surface area contributed by atoms with Gasteiger partial charge in [-0.15, -0.1) is 11.3 Å². The highest BCUT2D eigenvalue weighted by molar-refractivity contribution is 8.00. The Morgan fingerprint density at radius 2 is 1.91 bits per heavy atom. The van der Waals surface area contributed by atoms with Crippen LogP contribution in [0, 0.1) is 11.3 Å². The number of rotatable bonds is 7. The molecule has 0 radical (unpaired) electrons. The van der Waals surface area contributed by atoms with Crippen LogP contribution in [0.2, 0.25) is 0 Å². The van der Waals surface area contributed by atoms with Crippen molar-refractivity contribution in [2.45, 2.75) is 4.90 Å². The van der Waals surface area contributed by atoms with Gasteiger partial charge in [-0.05, 0) is 42.3 Å². The minimum absolute atomic E-state index is 0.422. The van der Waals surface area contributed by atoms with Gasteiger partial charge in [-0.1, -0.05) is 30.3 Å². The Labute approximate surface area is 198 Å². The maximum absolute atomic E-state index is 9.72. The zero-order chi connectivity index (χ0) is 22.5. The number of ether oxygens (including phenoxy) is 1. The van der Waals surface area contributed by atoms with E-state index in [0.29, 0.717) is 17.1 Å². The predicted molar refractivity (Wildman–Crippen MR) is 130 cm³/mol. The molecule has 6 nitrogen and oxygen atoms in total. The molecule has 33 heavy (non-hydrogen) atoms. The zero-order valence-corrected chi connectivity index (χ0v) is 18.8. The van der Waals surface area contributed by atoms with Crippen molar-refractivity contribution in [1.29, 1.82) is 5.26 Å². The summed E-state index contributed by atoms with van der Waals surface area (Å²) in [5.74, 6) is 0.990. The van der Waals surface area contributed by atoms with Crippen LogP contribution in [-0.2, 0) is 0 Å². The smallest absolute Gasteiger partial charge is 0.192 e. The van der Waals surface area contributed by atoms with Crippen molar-refractivity contribution in [3.63, 3.8) is 0 Å². The zero-order valence-electron chi connectivity index (χ0n) is 17.1. The van der Waals surface area contributed by atoms with Crippen LogP contribution in [0.1, 0.15) is 5.56 Å². The largest absolute Gasteiger partial charge is 0.472 e. The number of nitrogens with one attached hydrogen (secondary N) is 1. The number of furan rings is 1. The van der Waals surface area contributed by atoms with Gasteiger partial charge >= 0.3 is 0 Å². The van der Waals surface area contributed by atoms with Crippen LogP contribution in [0.15, 0.2) is 100 Å². The minimum atomic E-state index is 0.422. The number of nitriles is 1. The first-order valence-corrected chi connectivity index (χ1v) is 11.6. The Bertz CT molecular complexity index is 1400. The minimum Gasteiger partial charge on any atom is -0.472 e. The molecule has 1 N–H and O–H groups in total. The summed E-state index contributed by atoms with van der Waals surface area (Å²) < 4.78 is 14.6. The van der Waals surface area contributed by atoms with Crippen molar-refractivity contribution < 1.29 is 9.15 Å². The maximum atomic E-state index is 9.72. The van der Waals surface area contributed by atoms with E-state index in [0.717, 1.165) is 32.4 Å². The lowest BCUT2D eigenvalue weighted by Crippen LogP contribution is -1.94. The van der Waals surface area contributed by atoms with E-state index in [1.54, 1.807) is 37.1 Å². The number of thiazole rings is 1. The second-order valence-electron chi connectivity index (χ2n) is 6.86. The highest BCUT2D eigenvalue weighted by Crippen LogP contribution is 2.37. The molecular formula is C25H16N4O2S2. The Kier molecular flexibility index (Phi) is 6.06. The van der Waals surface area contributed by atoms with E-state index in [9.17, 15) is 5.26 Å². The molecule has 5 rings (SSSR count). The topological polar surface area (TPSA) is 84.0 Å². The fourth-order valence-corrected chi connectivity index (χ4v) is 4.44. The molecule has 0 aliphatic heterocycles. The molecule has 0 amide bonds. The Morgan fingerprint density at radius 3 is 2.67 bits per heavy atom. The number of pyridine rings is 1. The first-order chi connectivity index (χ1) is 16.3. The van der Waals surface area contributed by atoms with Gasteiger partial charge < -0.3 is 13.9 Å². The lowest BCUT2D eigenvalue weighted by Gasteiger charge is -2.13. The summed E-state index contributed by atoms with van der Waals surface area (Å²) in [5, 5.41) is 12.4. The molecule has 160 valence electrons. The summed E-state index contributed by atoms with van der Waals surface area (Å²) in [6, 6.07) is 21.4. The molecule has 0 aliphatic rings. The van der Waals surface area contributed by atoms with E-state index in [-0.39, 0.29) is 0 Å². The van der Waals surface area contributed by atoms with Gasteiger partial charge in [0.1, 0.15) is 11.8 Å². The average Bonchev–Trinajstić information content (AvgIpc) is 3.59. The number of benzene rings is 2. The van der Waals surface area contributed by atoms with E-state index >= 15 is 0 Å². The summed E-state index contributed by atoms with van der Waals surface area (Å²) in [6.45, 7) is 0. The molecule has 0 unspecified atom stereocenters. The van der Waals surface area contributed by atoms with E-state index in [4.69, 9.17) is 9.15 Å². The maximum Gasteiger partial charge on any atom is 0.192 e. The lowest BCUT2D eigenvalue weighted by molar-refractivity contribution is 0.480. The molecule has 2 aromatic carbocycles. The van der Waals surface area contributed by atoms with Crippen molar-refractivity contribution in [1.82, 2.24) is 9.97 Å². The molecule has 0 saturated carbocycles. The first kappa shape index (κ1) is 20.8. The number of hydrogen-bond donors (Lipinski definition) is 1. The molecule has 8 heteroatoms. The van der Waals surface area contributed by atoms with Crippen LogP contribution in [0.3, 0.4) is 0 Å². The molecule has 5 aromatic rings. The fraction of sp³-hybridized carbons (Fsp3) is 0. The lowest BCUT2D eigenvalue weighted by atomic mass is 10.0. The van der Waals surface area contributed by atoms with Crippen LogP contribution >= 0.6 is 23.3 Å². The molecule has 3 aromatic heterocycles. The predicted octanol–water partition coefficient (Wildman–Crippen LogP) is 7.25. The molecule has 0 spiro atoms. The van der Waals surface area contributed by atoms with Crippen molar-refractivity contribution >= 4 is 28.4 Å². The standard InChI is InChI=1S/C25H16N4O2S2/c26-14-19-12-20(33-29-25-27-9-11-32-25)6-7-23(19)31-24-15-28-22(17-4-2-1-3-5-17)13-21(24)18-8-10-30-16-18/h1-13,15-16H,(H,27,29). The van der Waals surface area contributed by atoms with Gasteiger partial charge in [0.15, 0.2) is 10.9 Å². The molecule has 0 fully saturated rings. The van der Waals surface area contributed by atoms with Gasteiger partial charge in [0, 0.05) is 33.2 Å². The van der Waals surface area contributed by atoms with E-state index in [1.165, 1.54) is 23.3 Å². The van der Waals surface area contributed by atoms with Gasteiger partial charge in [0.2, 0.25) is 0 Å². The molecule has 0 saturated heterocycles. The van der Waals surface area contributed by atoms with Gasteiger partial charge in [-0.25, -0.2) is 4.98 Å². The Hall–Kier alpha value is -4.06. The van der Waals surface area contributed by atoms with E-state index in [1.807, 2.05) is 53.9 Å². The monoisotopic (exact) mass is 468 g/mol. The average molecular weight is 469 g/mol. The third-order valence-corrected chi connectivity index (χ3v) is 6.35. The summed E-state index contributed by atoms with van der Waals surface area (Å²) >= 11 is 2.90. The van der Waals surface area contributed by atoms with Crippen molar-refractivity contribution in [2.75, 3.05) is 4.72 Å². The van der Waals surface area contributed by atoms with Gasteiger partial charge in [-0.2, -0.15) is 5.26 Å². The Morgan fingerprint density at radius 1 is 1.00 bits per heavy atom. The van der Waals surface area contributed by atoms with Gasteiger partial charge in [0.05, 0.1) is 30.0 Å². The highest BCUT2D eigenvalue weighted by Gasteiger charge is 2.15. The summed E-state index contributed by atoms with van der Waals surface area (Å²) in [6.07, 6.45) is 6.69. The second-order valence-corrected chi connectivity index (χ2v) is 8.63. The van der Waals surface area contributed by atoms with Crippen LogP contribution in [0.5, 0.6) is 11.5 Å². The third kappa shape index (κ3) is 4.75. The Balaban J connectivity index is 1.45. The number of hydrogen-bond acceptors (Lipinski definition) is 8. The quantitative estimate of drug-likeness (QED) is 0.252. The fourth-order valence-electron chi connectivity index (χ4n) is 3.18. The summed E-state index contributed by atoms with van der Waals surface area (Å²) in [4.78, 5) is 9.66. The molecule has 0 bridgehead atoms. The molecule has 3 heterocycles. The highest BCUT2D eigenvalue weighted by atomic mass is 32.2. The molecule has 0 aliphatic carbocycles. The summed E-state index contributed by atoms with van der Waals surface area (Å²) in [5.41, 5.74) is 3.93. The van der Waals surface area contributed by atoms with Crippen molar-refractivity contribution in [3.05, 3.63) is 96.5 Å². The van der Waals surface area contributed by atoms with Gasteiger partial charge in [-0.3, -0.25) is 4.98 Å². The van der Waals surface area contributed by atoms with E-state index < -0.39 is 0 Å². The van der Waals surface area contributed by atoms with Gasteiger partial charge in [0.25, 0.3) is 0 Å². The number of anilines is 1. The normalized spacial score (nSPS) is 10.5. The van der Waals surface area contributed by atoms with Crippen LogP contribution in [0.4, 0.5) is 5.13 Å². The van der Waals surface area contributed by atoms with Crippen LogP contribution in [0.25, 0.3) is 22.4 Å². The van der Waals surface area contributed by atoms with Crippen LogP contribution < -0.4 is 9.46 Å². The molecular weight excluding hydrogens is 452 g/mol. The SMILES string of the molecule is N#Cc1cc(SNc2nccs2)ccc1Oc1cnc(-c2ccccc2)cc1-c1ccoc1. The third-order valence-electron chi connectivity index (χ3n) is 4.75. The van der Waals surface area contributed by atoms with E-state index in [2.05, 4.69) is 20.8 Å². The number of aromatic nitrogens is 2. The first-order valence-electron chi connectivity index (χ1n) is 9.92.